The van der Waals surface area contributed by atoms with Crippen LogP contribution >= 0.6 is 22.6 Å². The van der Waals surface area contributed by atoms with Gasteiger partial charge in [-0.25, -0.2) is 19.6 Å². The van der Waals surface area contributed by atoms with E-state index < -0.39 is 40.8 Å². The van der Waals surface area contributed by atoms with Gasteiger partial charge in [0.05, 0.1) is 40.4 Å². The van der Waals surface area contributed by atoms with Crippen LogP contribution in [-0.4, -0.2) is 62.6 Å². The molecule has 0 aliphatic rings. The second-order valence-corrected chi connectivity index (χ2v) is 17.8. The Morgan fingerprint density at radius 2 is 1.03 bits per heavy atom. The van der Waals surface area contributed by atoms with Crippen LogP contribution in [0, 0.1) is 3.57 Å². The number of hydrogen-bond acceptors (Lipinski definition) is 10. The predicted octanol–water partition coefficient (Wildman–Crippen LogP) is 11.1. The van der Waals surface area contributed by atoms with Crippen LogP contribution in [0.3, 0.4) is 0 Å². The highest BCUT2D eigenvalue weighted by Gasteiger charge is 2.37. The van der Waals surface area contributed by atoms with Crippen molar-refractivity contribution >= 4 is 57.7 Å². The van der Waals surface area contributed by atoms with Crippen LogP contribution in [0.5, 0.6) is 0 Å². The summed E-state index contributed by atoms with van der Waals surface area (Å²) in [6.07, 6.45) is 3.15. The number of pyridine rings is 2. The van der Waals surface area contributed by atoms with Crippen LogP contribution in [0.2, 0.25) is 0 Å². The Kier molecular flexibility index (Phi) is 13.5. The topological polar surface area (TPSA) is 145 Å². The summed E-state index contributed by atoms with van der Waals surface area (Å²) in [7, 11) is 0. The number of anilines is 2. The van der Waals surface area contributed by atoms with Crippen molar-refractivity contribution < 1.29 is 32.2 Å². The third kappa shape index (κ3) is 11.4. The monoisotopic (exact) mass is 996 g/mol. The molecule has 0 N–H and O–H groups in total. The molecule has 334 valence electrons. The third-order valence-corrected chi connectivity index (χ3v) is 9.98. The second kappa shape index (κ2) is 19.0. The predicted molar refractivity (Wildman–Crippen MR) is 248 cm³/mol. The normalized spacial score (nSPS) is 11.8. The smallest absolute Gasteiger partial charge is 0.421 e. The summed E-state index contributed by atoms with van der Waals surface area (Å²) >= 11 is 2.20. The highest BCUT2D eigenvalue weighted by molar-refractivity contribution is 14.1. The molecular weight excluding hydrogens is 952 g/mol. The van der Waals surface area contributed by atoms with Gasteiger partial charge in [-0.3, -0.25) is 19.8 Å². The molecule has 0 aliphatic carbocycles. The van der Waals surface area contributed by atoms with E-state index >= 15 is 0 Å². The number of carbonyl (C=O) groups is 2. The zero-order valence-electron chi connectivity index (χ0n) is 36.2. The highest BCUT2D eigenvalue weighted by atomic mass is 127. The van der Waals surface area contributed by atoms with Gasteiger partial charge in [0, 0.05) is 48.0 Å². The first kappa shape index (κ1) is 46.0. The Labute approximate surface area is 386 Å². The first-order chi connectivity index (χ1) is 30.8. The molecule has 0 radical (unpaired) electrons. The van der Waals surface area contributed by atoms with Crippen molar-refractivity contribution in [1.29, 1.82) is 0 Å². The number of alkyl halides is 3. The van der Waals surface area contributed by atoms with E-state index in [1.165, 1.54) is 11.0 Å². The fourth-order valence-corrected chi connectivity index (χ4v) is 6.90. The van der Waals surface area contributed by atoms with E-state index in [0.717, 1.165) is 24.9 Å². The lowest BCUT2D eigenvalue weighted by molar-refractivity contribution is -0.136. The van der Waals surface area contributed by atoms with E-state index in [2.05, 4.69) is 47.7 Å². The van der Waals surface area contributed by atoms with E-state index in [9.17, 15) is 22.8 Å². The molecule has 0 bridgehead atoms. The van der Waals surface area contributed by atoms with Crippen molar-refractivity contribution in [2.24, 2.45) is 0 Å². The number of ether oxygens (including phenoxy) is 2. The summed E-state index contributed by atoms with van der Waals surface area (Å²) < 4.78 is 56.1. The number of rotatable bonds is 8. The van der Waals surface area contributed by atoms with Crippen LogP contribution in [-0.2, 0) is 28.7 Å². The second-order valence-electron chi connectivity index (χ2n) is 16.6. The molecule has 8 rings (SSSR count). The molecule has 0 unspecified atom stereocenters. The zero-order valence-corrected chi connectivity index (χ0v) is 38.4. The largest absolute Gasteiger partial charge is 0.443 e. The van der Waals surface area contributed by atoms with Gasteiger partial charge < -0.3 is 9.47 Å². The Balaban J connectivity index is 0.000000195. The quantitative estimate of drug-likeness (QED) is 0.135. The number of fused-ring (bicyclic) bond motifs is 2. The van der Waals surface area contributed by atoms with Gasteiger partial charge in [-0.15, -0.1) is 0 Å². The fraction of sp³-hybridized carbons (Fsp3) is 0.234. The van der Waals surface area contributed by atoms with E-state index in [1.54, 1.807) is 104 Å². The summed E-state index contributed by atoms with van der Waals surface area (Å²) in [5, 5.41) is 8.41. The average molecular weight is 997 g/mol. The first-order valence-electron chi connectivity index (χ1n) is 20.2. The van der Waals surface area contributed by atoms with Crippen molar-refractivity contribution in [1.82, 2.24) is 39.2 Å². The van der Waals surface area contributed by atoms with Gasteiger partial charge >= 0.3 is 18.4 Å². The molecule has 2 amide bonds. The summed E-state index contributed by atoms with van der Waals surface area (Å²) in [6.45, 7) is 11.0. The maximum atomic E-state index is 13.7. The molecule has 6 aromatic heterocycles. The molecule has 2 aromatic carbocycles. The van der Waals surface area contributed by atoms with Crippen molar-refractivity contribution in [3.63, 3.8) is 0 Å². The molecule has 0 saturated carbocycles. The SMILES string of the molecule is CC(C)(C)OC(=O)N(Cc1cccnc1)c1cc(-c2ccccc2)nc2c(C(F)(F)F)cnn12.CC(C)(C)OC(=O)N(Cc1cccnc1)c1cc(-c2ccccc2)nc2c(I)cnn12. The average Bonchev–Trinajstić information content (AvgIpc) is 3.88. The van der Waals surface area contributed by atoms with Gasteiger partial charge in [0.1, 0.15) is 28.4 Å². The molecule has 0 fully saturated rings. The van der Waals surface area contributed by atoms with Gasteiger partial charge in [-0.1, -0.05) is 72.8 Å². The van der Waals surface area contributed by atoms with Gasteiger partial charge in [-0.2, -0.15) is 32.4 Å². The maximum absolute atomic E-state index is 13.7. The van der Waals surface area contributed by atoms with Gasteiger partial charge in [0.15, 0.2) is 11.3 Å². The van der Waals surface area contributed by atoms with Gasteiger partial charge in [0.2, 0.25) is 0 Å². The minimum atomic E-state index is -4.68. The Hall–Kier alpha value is -6.96. The Bertz CT molecular complexity index is 2900. The van der Waals surface area contributed by atoms with Crippen LogP contribution in [0.4, 0.5) is 34.4 Å². The molecule has 0 saturated heterocycles. The maximum Gasteiger partial charge on any atom is 0.421 e. The fourth-order valence-electron chi connectivity index (χ4n) is 6.43. The van der Waals surface area contributed by atoms with E-state index in [1.807, 2.05) is 69.3 Å². The first-order valence-corrected chi connectivity index (χ1v) is 21.3. The lowest BCUT2D eigenvalue weighted by Crippen LogP contribution is -2.37. The highest BCUT2D eigenvalue weighted by Crippen LogP contribution is 2.36. The van der Waals surface area contributed by atoms with Crippen LogP contribution in [0.1, 0.15) is 58.2 Å². The number of hydrogen-bond donors (Lipinski definition) is 0. The summed E-state index contributed by atoms with van der Waals surface area (Å²) in [4.78, 5) is 46.6. The molecule has 0 spiro atoms. The Morgan fingerprint density at radius 3 is 1.45 bits per heavy atom. The van der Waals surface area contributed by atoms with E-state index in [0.29, 0.717) is 28.8 Å². The molecule has 8 aromatic rings. The van der Waals surface area contributed by atoms with Gasteiger partial charge in [-0.05, 0) is 87.4 Å². The molecule has 0 aliphatic heterocycles. The lowest BCUT2D eigenvalue weighted by Gasteiger charge is -2.28. The van der Waals surface area contributed by atoms with Crippen LogP contribution in [0.15, 0.2) is 134 Å². The van der Waals surface area contributed by atoms with Crippen LogP contribution in [0.25, 0.3) is 33.8 Å². The number of carbonyl (C=O) groups excluding carboxylic acids is 2. The molecule has 6 heterocycles. The van der Waals surface area contributed by atoms with Crippen LogP contribution < -0.4 is 9.80 Å². The number of aromatic nitrogens is 8. The number of halogens is 4. The molecule has 18 heteroatoms. The molecule has 0 atom stereocenters. The number of nitrogens with zero attached hydrogens (tertiary/aromatic N) is 10. The molecular formula is C47H44F3IN10O4. The van der Waals surface area contributed by atoms with Crippen molar-refractivity contribution in [3.8, 4) is 22.5 Å². The lowest BCUT2D eigenvalue weighted by atomic mass is 10.1. The van der Waals surface area contributed by atoms with Crippen molar-refractivity contribution in [2.75, 3.05) is 9.80 Å². The van der Waals surface area contributed by atoms with E-state index in [-0.39, 0.29) is 24.6 Å². The summed E-state index contributed by atoms with van der Waals surface area (Å²) in [5.41, 5.74) is 1.87. The summed E-state index contributed by atoms with van der Waals surface area (Å²) in [5.74, 6) is 0.655. The van der Waals surface area contributed by atoms with Gasteiger partial charge in [0.25, 0.3) is 0 Å². The minimum Gasteiger partial charge on any atom is -0.443 e. The molecule has 14 nitrogen and oxygen atoms in total. The Morgan fingerprint density at radius 1 is 0.600 bits per heavy atom. The minimum absolute atomic E-state index is 0.00267. The standard InChI is InChI=1S/C24H22F3N5O2.C23H22IN5O2/c1-23(2,3)34-22(33)31(15-16-8-7-11-28-13-16)20-12-19(17-9-5-4-6-10-17)30-21-18(24(25,26)27)14-29-32(20)21;1-23(2,3)31-22(30)28(15-16-8-7-11-25-13-16)20-12-19(17-9-5-4-6-10-17)27-21-18(24)14-26-29(20)21/h4-14H,15H2,1-3H3;4-14H,15H2,1-3H3. The number of benzene rings is 2. The zero-order chi connectivity index (χ0) is 46.5. The van der Waals surface area contributed by atoms with Crippen molar-refractivity contribution in [3.05, 3.63) is 155 Å². The number of amides is 2. The third-order valence-electron chi connectivity index (χ3n) is 9.22. The summed E-state index contributed by atoms with van der Waals surface area (Å²) in [6, 6.07) is 29.2. The molecule has 65 heavy (non-hydrogen) atoms. The van der Waals surface area contributed by atoms with E-state index in [4.69, 9.17) is 14.5 Å². The van der Waals surface area contributed by atoms with Crippen molar-refractivity contribution in [2.45, 2.75) is 72.0 Å².